The van der Waals surface area contributed by atoms with E-state index in [0.29, 0.717) is 5.92 Å². The summed E-state index contributed by atoms with van der Waals surface area (Å²) >= 11 is 5.95. The van der Waals surface area contributed by atoms with Gasteiger partial charge in [-0.2, -0.15) is 0 Å². The van der Waals surface area contributed by atoms with Crippen LogP contribution < -0.4 is 11.1 Å². The number of nitrogens with two attached hydrogens (primary N) is 1. The quantitative estimate of drug-likeness (QED) is 0.872. The fraction of sp³-hybridized carbons (Fsp3) is 0.588. The molecule has 0 spiro atoms. The van der Waals surface area contributed by atoms with Crippen LogP contribution in [0.4, 0.5) is 0 Å². The van der Waals surface area contributed by atoms with Crippen LogP contribution in [0.15, 0.2) is 24.3 Å². The number of carbonyl (C=O) groups is 1. The van der Waals surface area contributed by atoms with E-state index in [1.54, 1.807) is 0 Å². The number of rotatable bonds is 5. The van der Waals surface area contributed by atoms with Gasteiger partial charge in [-0.25, -0.2) is 0 Å². The summed E-state index contributed by atoms with van der Waals surface area (Å²) in [6.45, 7) is 4.33. The largest absolute Gasteiger partial charge is 0.349 e. The number of benzene rings is 1. The minimum absolute atomic E-state index is 0.0478. The first kappa shape index (κ1) is 16.3. The molecule has 1 aliphatic rings. The minimum Gasteiger partial charge on any atom is -0.349 e. The number of halogens is 1. The van der Waals surface area contributed by atoms with Crippen LogP contribution in [0.2, 0.25) is 5.02 Å². The van der Waals surface area contributed by atoms with Gasteiger partial charge in [-0.1, -0.05) is 37.6 Å². The van der Waals surface area contributed by atoms with Crippen LogP contribution in [-0.4, -0.2) is 11.9 Å². The van der Waals surface area contributed by atoms with E-state index in [4.69, 9.17) is 17.3 Å². The SMILES string of the molecule is CC(C)CC(NC(=O)C1CCC(N)C1)c1ccc(Cl)cc1. The van der Waals surface area contributed by atoms with Gasteiger partial charge in [0.05, 0.1) is 6.04 Å². The Hall–Kier alpha value is -1.06. The molecule has 0 heterocycles. The lowest BCUT2D eigenvalue weighted by Gasteiger charge is -2.23. The molecule has 1 amide bonds. The molecule has 1 fully saturated rings. The lowest BCUT2D eigenvalue weighted by atomic mass is 9.96. The Labute approximate surface area is 132 Å². The Morgan fingerprint density at radius 1 is 1.33 bits per heavy atom. The third-order valence-corrected chi connectivity index (χ3v) is 4.39. The van der Waals surface area contributed by atoms with E-state index < -0.39 is 0 Å². The van der Waals surface area contributed by atoms with E-state index in [1.807, 2.05) is 24.3 Å². The first-order chi connectivity index (χ1) is 9.95. The van der Waals surface area contributed by atoms with Crippen molar-refractivity contribution in [3.05, 3.63) is 34.9 Å². The second-order valence-corrected chi connectivity index (χ2v) is 6.95. The van der Waals surface area contributed by atoms with Gasteiger partial charge in [-0.3, -0.25) is 4.79 Å². The van der Waals surface area contributed by atoms with E-state index in [0.717, 1.165) is 36.3 Å². The van der Waals surface area contributed by atoms with Crippen molar-refractivity contribution in [3.63, 3.8) is 0 Å². The van der Waals surface area contributed by atoms with Gasteiger partial charge in [0.2, 0.25) is 5.91 Å². The topological polar surface area (TPSA) is 55.1 Å². The molecule has 1 aromatic rings. The van der Waals surface area contributed by atoms with E-state index in [9.17, 15) is 4.79 Å². The molecular formula is C17H25ClN2O. The molecule has 116 valence electrons. The van der Waals surface area contributed by atoms with Crippen molar-refractivity contribution in [2.45, 2.75) is 51.6 Å². The van der Waals surface area contributed by atoms with E-state index in [1.165, 1.54) is 0 Å². The third-order valence-electron chi connectivity index (χ3n) is 4.14. The second kappa shape index (κ2) is 7.28. The van der Waals surface area contributed by atoms with Crippen molar-refractivity contribution in [2.24, 2.45) is 17.6 Å². The van der Waals surface area contributed by atoms with Crippen molar-refractivity contribution in [2.75, 3.05) is 0 Å². The third kappa shape index (κ3) is 4.72. The Morgan fingerprint density at radius 2 is 2.00 bits per heavy atom. The molecule has 3 unspecified atom stereocenters. The average molecular weight is 309 g/mol. The van der Waals surface area contributed by atoms with Crippen LogP contribution in [-0.2, 0) is 4.79 Å². The summed E-state index contributed by atoms with van der Waals surface area (Å²) in [4.78, 5) is 12.4. The molecule has 0 bridgehead atoms. The van der Waals surface area contributed by atoms with Gasteiger partial charge >= 0.3 is 0 Å². The summed E-state index contributed by atoms with van der Waals surface area (Å²) in [5.74, 6) is 0.724. The molecule has 1 saturated carbocycles. The van der Waals surface area contributed by atoms with Crippen LogP contribution in [0.5, 0.6) is 0 Å². The summed E-state index contributed by atoms with van der Waals surface area (Å²) in [6, 6.07) is 7.97. The highest BCUT2D eigenvalue weighted by Gasteiger charge is 2.29. The van der Waals surface area contributed by atoms with Crippen molar-refractivity contribution in [1.29, 1.82) is 0 Å². The Kier molecular flexibility index (Phi) is 5.65. The van der Waals surface area contributed by atoms with Gasteiger partial charge in [0, 0.05) is 17.0 Å². The van der Waals surface area contributed by atoms with Gasteiger partial charge in [0.15, 0.2) is 0 Å². The highest BCUT2D eigenvalue weighted by molar-refractivity contribution is 6.30. The Balaban J connectivity index is 2.05. The molecule has 1 aromatic carbocycles. The predicted octanol–water partition coefficient (Wildman–Crippen LogP) is 3.67. The molecular weight excluding hydrogens is 284 g/mol. The highest BCUT2D eigenvalue weighted by atomic mass is 35.5. The lowest BCUT2D eigenvalue weighted by molar-refractivity contribution is -0.125. The maximum absolute atomic E-state index is 12.4. The Bertz CT molecular complexity index is 472. The fourth-order valence-electron chi connectivity index (χ4n) is 2.99. The summed E-state index contributed by atoms with van der Waals surface area (Å²) < 4.78 is 0. The van der Waals surface area contributed by atoms with Crippen molar-refractivity contribution < 1.29 is 4.79 Å². The zero-order valence-corrected chi connectivity index (χ0v) is 13.6. The number of hydrogen-bond acceptors (Lipinski definition) is 2. The minimum atomic E-state index is 0.0478. The zero-order valence-electron chi connectivity index (χ0n) is 12.8. The van der Waals surface area contributed by atoms with E-state index >= 15 is 0 Å². The van der Waals surface area contributed by atoms with E-state index in [-0.39, 0.29) is 23.9 Å². The van der Waals surface area contributed by atoms with Crippen molar-refractivity contribution in [1.82, 2.24) is 5.32 Å². The first-order valence-corrected chi connectivity index (χ1v) is 8.15. The van der Waals surface area contributed by atoms with Crippen LogP contribution in [0.25, 0.3) is 0 Å². The first-order valence-electron chi connectivity index (χ1n) is 7.77. The fourth-order valence-corrected chi connectivity index (χ4v) is 3.11. The molecule has 0 aromatic heterocycles. The standard InChI is InChI=1S/C17H25ClN2O/c1-11(2)9-16(12-3-6-14(18)7-4-12)20-17(21)13-5-8-15(19)10-13/h3-4,6-7,11,13,15-16H,5,8-10,19H2,1-2H3,(H,20,21). The molecule has 1 aliphatic carbocycles. The zero-order chi connectivity index (χ0) is 15.4. The van der Waals surface area contributed by atoms with Gasteiger partial charge in [-0.05, 0) is 49.3 Å². The molecule has 0 aliphatic heterocycles. The predicted molar refractivity (Wildman–Crippen MR) is 87.1 cm³/mol. The molecule has 0 radical (unpaired) electrons. The number of amides is 1. The molecule has 21 heavy (non-hydrogen) atoms. The second-order valence-electron chi connectivity index (χ2n) is 6.51. The monoisotopic (exact) mass is 308 g/mol. The maximum Gasteiger partial charge on any atom is 0.223 e. The molecule has 4 heteroatoms. The molecule has 3 N–H and O–H groups in total. The smallest absolute Gasteiger partial charge is 0.223 e. The van der Waals surface area contributed by atoms with Crippen molar-refractivity contribution >= 4 is 17.5 Å². The number of hydrogen-bond donors (Lipinski definition) is 2. The van der Waals surface area contributed by atoms with Crippen LogP contribution in [0.3, 0.4) is 0 Å². The summed E-state index contributed by atoms with van der Waals surface area (Å²) in [5.41, 5.74) is 7.02. The maximum atomic E-state index is 12.4. The summed E-state index contributed by atoms with van der Waals surface area (Å²) in [5, 5.41) is 3.93. The van der Waals surface area contributed by atoms with Crippen LogP contribution in [0.1, 0.15) is 51.1 Å². The van der Waals surface area contributed by atoms with Gasteiger partial charge in [-0.15, -0.1) is 0 Å². The number of nitrogens with one attached hydrogen (secondary N) is 1. The molecule has 0 saturated heterocycles. The number of carbonyl (C=O) groups excluding carboxylic acids is 1. The highest BCUT2D eigenvalue weighted by Crippen LogP contribution is 2.27. The molecule has 3 nitrogen and oxygen atoms in total. The summed E-state index contributed by atoms with van der Waals surface area (Å²) in [7, 11) is 0. The van der Waals surface area contributed by atoms with Gasteiger partial charge < -0.3 is 11.1 Å². The normalized spacial score (nSPS) is 23.3. The van der Waals surface area contributed by atoms with Gasteiger partial charge in [0.1, 0.15) is 0 Å². The van der Waals surface area contributed by atoms with Gasteiger partial charge in [0.25, 0.3) is 0 Å². The Morgan fingerprint density at radius 3 is 2.52 bits per heavy atom. The van der Waals surface area contributed by atoms with Crippen LogP contribution in [0, 0.1) is 11.8 Å². The van der Waals surface area contributed by atoms with E-state index in [2.05, 4.69) is 19.2 Å². The van der Waals surface area contributed by atoms with Crippen molar-refractivity contribution in [3.8, 4) is 0 Å². The summed E-state index contributed by atoms with van der Waals surface area (Å²) in [6.07, 6.45) is 3.59. The lowest BCUT2D eigenvalue weighted by Crippen LogP contribution is -2.34. The molecule has 3 atom stereocenters. The average Bonchev–Trinajstić information content (AvgIpc) is 2.85. The molecule has 2 rings (SSSR count). The van der Waals surface area contributed by atoms with Crippen LogP contribution >= 0.6 is 11.6 Å².